The maximum atomic E-state index is 12.5. The average Bonchev–Trinajstić information content (AvgIpc) is 3.31. The quantitative estimate of drug-likeness (QED) is 0.424. The molecule has 0 aliphatic carbocycles. The fourth-order valence-electron chi connectivity index (χ4n) is 3.58. The first-order chi connectivity index (χ1) is 16.0. The number of hydrogen-bond donors (Lipinski definition) is 0. The number of carbonyl (C=O) groups excluding carboxylic acids is 2. The largest absolute Gasteiger partial charge is 0.465 e. The zero-order valence-corrected chi connectivity index (χ0v) is 18.7. The second-order valence-electron chi connectivity index (χ2n) is 7.93. The summed E-state index contributed by atoms with van der Waals surface area (Å²) in [5.41, 5.74) is 3.43. The second-order valence-corrected chi connectivity index (χ2v) is 7.93. The van der Waals surface area contributed by atoms with Crippen LogP contribution in [0.5, 0.6) is 0 Å². The standard InChI is InChI=1S/C25H26N4O4/c1-18-3-8-20(9-4-18)24-26-22(33-27-24)17-28-13-15-29(16-14-28)23(30)12-7-19-5-10-21(11-6-19)25(31)32-2/h3-12H,13-17H2,1-2H3/b12-7+. The van der Waals surface area contributed by atoms with Crippen molar-refractivity contribution in [3.8, 4) is 11.4 Å². The fourth-order valence-corrected chi connectivity index (χ4v) is 3.58. The number of piperazine rings is 1. The van der Waals surface area contributed by atoms with Gasteiger partial charge in [0.05, 0.1) is 19.2 Å². The number of carbonyl (C=O) groups is 2. The van der Waals surface area contributed by atoms with Gasteiger partial charge in [-0.2, -0.15) is 4.98 Å². The van der Waals surface area contributed by atoms with Crippen LogP contribution in [0.25, 0.3) is 17.5 Å². The van der Waals surface area contributed by atoms with Crippen LogP contribution in [0, 0.1) is 6.92 Å². The van der Waals surface area contributed by atoms with E-state index in [9.17, 15) is 9.59 Å². The van der Waals surface area contributed by atoms with Crippen molar-refractivity contribution in [3.05, 3.63) is 77.2 Å². The van der Waals surface area contributed by atoms with Crippen molar-refractivity contribution in [2.24, 2.45) is 0 Å². The van der Waals surface area contributed by atoms with Crippen molar-refractivity contribution >= 4 is 18.0 Å². The van der Waals surface area contributed by atoms with Gasteiger partial charge in [-0.1, -0.05) is 47.1 Å². The first-order valence-electron chi connectivity index (χ1n) is 10.8. The smallest absolute Gasteiger partial charge is 0.337 e. The Kier molecular flexibility index (Phi) is 6.95. The van der Waals surface area contributed by atoms with Gasteiger partial charge in [0.25, 0.3) is 0 Å². The molecule has 1 aliphatic heterocycles. The number of rotatable bonds is 6. The number of amides is 1. The molecule has 8 nitrogen and oxygen atoms in total. The van der Waals surface area contributed by atoms with Crippen LogP contribution in [0.4, 0.5) is 0 Å². The average molecular weight is 447 g/mol. The summed E-state index contributed by atoms with van der Waals surface area (Å²) in [7, 11) is 1.35. The highest BCUT2D eigenvalue weighted by atomic mass is 16.5. The summed E-state index contributed by atoms with van der Waals surface area (Å²) in [6.45, 7) is 5.32. The molecule has 0 bridgehead atoms. The maximum absolute atomic E-state index is 12.5. The number of nitrogens with zero attached hydrogens (tertiary/aromatic N) is 4. The van der Waals surface area contributed by atoms with Crippen LogP contribution in [0.3, 0.4) is 0 Å². The van der Waals surface area contributed by atoms with Gasteiger partial charge in [-0.25, -0.2) is 4.79 Å². The summed E-state index contributed by atoms with van der Waals surface area (Å²) < 4.78 is 10.1. The summed E-state index contributed by atoms with van der Waals surface area (Å²) in [6, 6.07) is 14.9. The molecule has 1 aliphatic rings. The third kappa shape index (κ3) is 5.72. The Morgan fingerprint density at radius 3 is 2.39 bits per heavy atom. The lowest BCUT2D eigenvalue weighted by atomic mass is 10.1. The third-order valence-electron chi connectivity index (χ3n) is 5.57. The SMILES string of the molecule is COC(=O)c1ccc(/C=C/C(=O)N2CCN(Cc3nc(-c4ccc(C)cc4)no3)CC2)cc1. The van der Waals surface area contributed by atoms with Gasteiger partial charge in [0, 0.05) is 37.8 Å². The molecule has 0 atom stereocenters. The van der Waals surface area contributed by atoms with E-state index in [1.54, 1.807) is 36.4 Å². The zero-order chi connectivity index (χ0) is 23.2. The molecule has 3 aromatic rings. The highest BCUT2D eigenvalue weighted by Crippen LogP contribution is 2.17. The Bertz CT molecular complexity index is 1130. The number of hydrogen-bond acceptors (Lipinski definition) is 7. The highest BCUT2D eigenvalue weighted by molar-refractivity contribution is 5.92. The van der Waals surface area contributed by atoms with Gasteiger partial charge >= 0.3 is 5.97 Å². The molecule has 0 unspecified atom stereocenters. The van der Waals surface area contributed by atoms with Gasteiger partial charge in [-0.3, -0.25) is 9.69 Å². The van der Waals surface area contributed by atoms with Gasteiger partial charge in [0.15, 0.2) is 0 Å². The van der Waals surface area contributed by atoms with Gasteiger partial charge in [0.2, 0.25) is 17.6 Å². The molecule has 1 fully saturated rings. The van der Waals surface area contributed by atoms with Crippen LogP contribution in [0.1, 0.15) is 27.4 Å². The predicted molar refractivity (Wildman–Crippen MR) is 123 cm³/mol. The van der Waals surface area contributed by atoms with Gasteiger partial charge in [-0.05, 0) is 30.7 Å². The van der Waals surface area contributed by atoms with Crippen LogP contribution in [-0.2, 0) is 16.1 Å². The molecule has 1 amide bonds. The number of aromatic nitrogens is 2. The van der Waals surface area contributed by atoms with Crippen molar-refractivity contribution in [2.45, 2.75) is 13.5 Å². The zero-order valence-electron chi connectivity index (χ0n) is 18.7. The summed E-state index contributed by atoms with van der Waals surface area (Å²) in [6.07, 6.45) is 3.31. The number of methoxy groups -OCH3 is 1. The van der Waals surface area contributed by atoms with Crippen molar-refractivity contribution in [1.82, 2.24) is 19.9 Å². The third-order valence-corrected chi connectivity index (χ3v) is 5.57. The molecule has 8 heteroatoms. The molecule has 0 spiro atoms. The molecule has 33 heavy (non-hydrogen) atoms. The first-order valence-corrected chi connectivity index (χ1v) is 10.8. The normalized spacial score (nSPS) is 14.5. The summed E-state index contributed by atoms with van der Waals surface area (Å²) in [5, 5.41) is 4.09. The van der Waals surface area contributed by atoms with E-state index in [1.165, 1.54) is 12.7 Å². The van der Waals surface area contributed by atoms with Crippen molar-refractivity contribution in [2.75, 3.05) is 33.3 Å². The maximum Gasteiger partial charge on any atom is 0.337 e. The summed E-state index contributed by atoms with van der Waals surface area (Å²) >= 11 is 0. The van der Waals surface area contributed by atoms with E-state index in [2.05, 4.69) is 15.0 Å². The predicted octanol–water partition coefficient (Wildman–Crippen LogP) is 3.19. The molecular weight excluding hydrogens is 420 g/mol. The van der Waals surface area contributed by atoms with Crippen LogP contribution >= 0.6 is 0 Å². The second kappa shape index (κ2) is 10.2. The number of benzene rings is 2. The molecular formula is C25H26N4O4. The highest BCUT2D eigenvalue weighted by Gasteiger charge is 2.21. The van der Waals surface area contributed by atoms with E-state index in [0.29, 0.717) is 36.9 Å². The van der Waals surface area contributed by atoms with E-state index in [-0.39, 0.29) is 11.9 Å². The Hall–Kier alpha value is -3.78. The Labute approximate surface area is 192 Å². The monoisotopic (exact) mass is 446 g/mol. The van der Waals surface area contributed by atoms with Crippen molar-refractivity contribution < 1.29 is 18.8 Å². The lowest BCUT2D eigenvalue weighted by molar-refractivity contribution is -0.127. The van der Waals surface area contributed by atoms with E-state index in [1.807, 2.05) is 36.1 Å². The molecule has 1 saturated heterocycles. The van der Waals surface area contributed by atoms with Crippen LogP contribution in [0.2, 0.25) is 0 Å². The van der Waals surface area contributed by atoms with Gasteiger partial charge < -0.3 is 14.2 Å². The van der Waals surface area contributed by atoms with Crippen LogP contribution in [-0.4, -0.2) is 65.1 Å². The summed E-state index contributed by atoms with van der Waals surface area (Å²) in [4.78, 5) is 32.6. The van der Waals surface area contributed by atoms with E-state index >= 15 is 0 Å². The lowest BCUT2D eigenvalue weighted by Gasteiger charge is -2.33. The summed E-state index contributed by atoms with van der Waals surface area (Å²) in [5.74, 6) is 0.738. The molecule has 1 aromatic heterocycles. The van der Waals surface area contributed by atoms with Crippen LogP contribution in [0.15, 0.2) is 59.1 Å². The van der Waals surface area contributed by atoms with Gasteiger partial charge in [-0.15, -0.1) is 0 Å². The Morgan fingerprint density at radius 1 is 1.03 bits per heavy atom. The van der Waals surface area contributed by atoms with E-state index < -0.39 is 0 Å². The molecule has 0 N–H and O–H groups in total. The molecule has 0 saturated carbocycles. The fraction of sp³-hybridized carbons (Fsp3) is 0.280. The number of ether oxygens (including phenoxy) is 1. The molecule has 4 rings (SSSR count). The number of aryl methyl sites for hydroxylation is 1. The first kappa shape index (κ1) is 22.4. The van der Waals surface area contributed by atoms with E-state index in [4.69, 9.17) is 9.26 Å². The molecule has 0 radical (unpaired) electrons. The molecule has 2 heterocycles. The Balaban J connectivity index is 1.26. The minimum atomic E-state index is -0.383. The van der Waals surface area contributed by atoms with Crippen molar-refractivity contribution in [1.29, 1.82) is 0 Å². The lowest BCUT2D eigenvalue weighted by Crippen LogP contribution is -2.47. The number of esters is 1. The van der Waals surface area contributed by atoms with Crippen molar-refractivity contribution in [3.63, 3.8) is 0 Å². The van der Waals surface area contributed by atoms with E-state index in [0.717, 1.165) is 24.2 Å². The molecule has 2 aromatic carbocycles. The van der Waals surface area contributed by atoms with Gasteiger partial charge in [0.1, 0.15) is 0 Å². The minimum absolute atomic E-state index is 0.0360. The molecule has 170 valence electrons. The minimum Gasteiger partial charge on any atom is -0.465 e. The Morgan fingerprint density at radius 2 is 1.73 bits per heavy atom. The topological polar surface area (TPSA) is 88.8 Å². The van der Waals surface area contributed by atoms with Crippen LogP contribution < -0.4 is 0 Å².